The second-order valence-corrected chi connectivity index (χ2v) is 3.04. The standard InChI is InChI=1S/C11H11FO2/c1-8-5-6-9(10(12)7-8)3-2-4-11(13)14/h2,4-7H,3H2,1H3,(H,13,14). The quantitative estimate of drug-likeness (QED) is 0.750. The van der Waals surface area contributed by atoms with Crippen LogP contribution in [0.15, 0.2) is 30.4 Å². The molecule has 0 radical (unpaired) electrons. The summed E-state index contributed by atoms with van der Waals surface area (Å²) in [4.78, 5) is 10.1. The van der Waals surface area contributed by atoms with Gasteiger partial charge in [-0.2, -0.15) is 0 Å². The van der Waals surface area contributed by atoms with Crippen LogP contribution >= 0.6 is 0 Å². The molecule has 0 saturated heterocycles. The van der Waals surface area contributed by atoms with Crippen molar-refractivity contribution < 1.29 is 14.3 Å². The number of aryl methyl sites for hydroxylation is 1. The fourth-order valence-corrected chi connectivity index (χ4v) is 1.10. The van der Waals surface area contributed by atoms with Gasteiger partial charge in [-0.05, 0) is 30.5 Å². The minimum absolute atomic E-state index is 0.292. The van der Waals surface area contributed by atoms with Gasteiger partial charge in [0.05, 0.1) is 0 Å². The highest BCUT2D eigenvalue weighted by atomic mass is 19.1. The summed E-state index contributed by atoms with van der Waals surface area (Å²) in [5.41, 5.74) is 1.36. The second kappa shape index (κ2) is 4.56. The predicted molar refractivity (Wildman–Crippen MR) is 51.6 cm³/mol. The van der Waals surface area contributed by atoms with Crippen molar-refractivity contribution in [2.24, 2.45) is 0 Å². The first-order chi connectivity index (χ1) is 6.59. The molecule has 0 bridgehead atoms. The van der Waals surface area contributed by atoms with Gasteiger partial charge in [-0.15, -0.1) is 0 Å². The van der Waals surface area contributed by atoms with E-state index in [9.17, 15) is 9.18 Å². The highest BCUT2D eigenvalue weighted by Gasteiger charge is 1.99. The lowest BCUT2D eigenvalue weighted by Crippen LogP contribution is -1.91. The fourth-order valence-electron chi connectivity index (χ4n) is 1.10. The zero-order valence-corrected chi connectivity index (χ0v) is 7.83. The maximum absolute atomic E-state index is 13.2. The summed E-state index contributed by atoms with van der Waals surface area (Å²) in [7, 11) is 0. The molecule has 0 atom stereocenters. The fraction of sp³-hybridized carbons (Fsp3) is 0.182. The third-order valence-corrected chi connectivity index (χ3v) is 1.81. The summed E-state index contributed by atoms with van der Waals surface area (Å²) < 4.78 is 13.2. The van der Waals surface area contributed by atoms with Crippen LogP contribution in [0.2, 0.25) is 0 Å². The van der Waals surface area contributed by atoms with Crippen LogP contribution in [-0.4, -0.2) is 11.1 Å². The number of carboxylic acid groups (broad SMARTS) is 1. The smallest absolute Gasteiger partial charge is 0.327 e. The summed E-state index contributed by atoms with van der Waals surface area (Å²) in [6, 6.07) is 4.90. The maximum Gasteiger partial charge on any atom is 0.327 e. The predicted octanol–water partition coefficient (Wildman–Crippen LogP) is 2.32. The summed E-state index contributed by atoms with van der Waals surface area (Å²) in [5.74, 6) is -1.31. The zero-order valence-electron chi connectivity index (χ0n) is 7.83. The Morgan fingerprint density at radius 1 is 1.57 bits per heavy atom. The molecule has 74 valence electrons. The Labute approximate surface area is 81.7 Å². The van der Waals surface area contributed by atoms with Crippen LogP contribution in [0.3, 0.4) is 0 Å². The molecule has 0 amide bonds. The number of carbonyl (C=O) groups is 1. The maximum atomic E-state index is 13.2. The summed E-state index contributed by atoms with van der Waals surface area (Å²) in [6.07, 6.45) is 2.74. The van der Waals surface area contributed by atoms with E-state index in [4.69, 9.17) is 5.11 Å². The Morgan fingerprint density at radius 2 is 2.29 bits per heavy atom. The van der Waals surface area contributed by atoms with E-state index in [-0.39, 0.29) is 5.82 Å². The van der Waals surface area contributed by atoms with Crippen LogP contribution in [-0.2, 0) is 11.2 Å². The first kappa shape index (κ1) is 10.4. The molecule has 0 unspecified atom stereocenters. The van der Waals surface area contributed by atoms with Crippen LogP contribution in [0.5, 0.6) is 0 Å². The Morgan fingerprint density at radius 3 is 2.86 bits per heavy atom. The number of carboxylic acids is 1. The number of hydrogen-bond acceptors (Lipinski definition) is 1. The van der Waals surface area contributed by atoms with Gasteiger partial charge < -0.3 is 5.11 Å². The molecule has 1 rings (SSSR count). The molecule has 0 aliphatic carbocycles. The van der Waals surface area contributed by atoms with Crippen molar-refractivity contribution in [3.63, 3.8) is 0 Å². The van der Waals surface area contributed by atoms with E-state index >= 15 is 0 Å². The van der Waals surface area contributed by atoms with E-state index in [2.05, 4.69) is 0 Å². The van der Waals surface area contributed by atoms with Crippen molar-refractivity contribution in [3.8, 4) is 0 Å². The van der Waals surface area contributed by atoms with Crippen LogP contribution in [0, 0.1) is 12.7 Å². The summed E-state index contributed by atoms with van der Waals surface area (Å²) in [5, 5.41) is 8.32. The Balaban J connectivity index is 2.73. The molecule has 0 aliphatic heterocycles. The number of benzene rings is 1. The van der Waals surface area contributed by atoms with Gasteiger partial charge in [-0.3, -0.25) is 0 Å². The van der Waals surface area contributed by atoms with Crippen LogP contribution in [0.1, 0.15) is 11.1 Å². The zero-order chi connectivity index (χ0) is 10.6. The third-order valence-electron chi connectivity index (χ3n) is 1.81. The lowest BCUT2D eigenvalue weighted by molar-refractivity contribution is -0.131. The van der Waals surface area contributed by atoms with Crippen LogP contribution in [0.25, 0.3) is 0 Å². The molecule has 1 aromatic carbocycles. The van der Waals surface area contributed by atoms with E-state index in [1.807, 2.05) is 0 Å². The first-order valence-corrected chi connectivity index (χ1v) is 4.24. The highest BCUT2D eigenvalue weighted by molar-refractivity contribution is 5.79. The van der Waals surface area contributed by atoms with E-state index in [1.54, 1.807) is 19.1 Å². The molecule has 0 spiro atoms. The van der Waals surface area contributed by atoms with E-state index < -0.39 is 5.97 Å². The van der Waals surface area contributed by atoms with Gasteiger partial charge in [-0.1, -0.05) is 18.2 Å². The molecular weight excluding hydrogens is 183 g/mol. The topological polar surface area (TPSA) is 37.3 Å². The van der Waals surface area contributed by atoms with Gasteiger partial charge in [-0.25, -0.2) is 9.18 Å². The normalized spacial score (nSPS) is 10.7. The summed E-state index contributed by atoms with van der Waals surface area (Å²) >= 11 is 0. The van der Waals surface area contributed by atoms with Crippen molar-refractivity contribution in [2.45, 2.75) is 13.3 Å². The van der Waals surface area contributed by atoms with Crippen molar-refractivity contribution in [3.05, 3.63) is 47.3 Å². The monoisotopic (exact) mass is 194 g/mol. The Bertz CT molecular complexity index is 370. The molecule has 3 heteroatoms. The minimum Gasteiger partial charge on any atom is -0.478 e. The number of aliphatic carboxylic acids is 1. The van der Waals surface area contributed by atoms with E-state index in [0.717, 1.165) is 11.6 Å². The Kier molecular flexibility index (Phi) is 3.40. The lowest BCUT2D eigenvalue weighted by Gasteiger charge is -1.99. The molecule has 0 heterocycles. The van der Waals surface area contributed by atoms with Gasteiger partial charge in [0.1, 0.15) is 5.82 Å². The molecular formula is C11H11FO2. The molecule has 14 heavy (non-hydrogen) atoms. The van der Waals surface area contributed by atoms with Gasteiger partial charge in [0.25, 0.3) is 0 Å². The third kappa shape index (κ3) is 3.01. The average Bonchev–Trinajstić information content (AvgIpc) is 2.08. The van der Waals surface area contributed by atoms with Crippen LogP contribution in [0.4, 0.5) is 4.39 Å². The molecule has 0 aliphatic rings. The lowest BCUT2D eigenvalue weighted by atomic mass is 10.1. The largest absolute Gasteiger partial charge is 0.478 e. The second-order valence-electron chi connectivity index (χ2n) is 3.04. The molecule has 2 nitrogen and oxygen atoms in total. The van der Waals surface area contributed by atoms with Gasteiger partial charge in [0, 0.05) is 6.08 Å². The molecule has 0 aromatic heterocycles. The average molecular weight is 194 g/mol. The molecule has 1 N–H and O–H groups in total. The molecule has 0 fully saturated rings. The minimum atomic E-state index is -1.02. The molecule has 1 aromatic rings. The van der Waals surface area contributed by atoms with E-state index in [1.165, 1.54) is 12.1 Å². The number of hydrogen-bond donors (Lipinski definition) is 1. The van der Waals surface area contributed by atoms with E-state index in [0.29, 0.717) is 12.0 Å². The van der Waals surface area contributed by atoms with Crippen molar-refractivity contribution in [1.82, 2.24) is 0 Å². The number of rotatable bonds is 3. The SMILES string of the molecule is Cc1ccc(CC=CC(=O)O)c(F)c1. The van der Waals surface area contributed by atoms with Crippen molar-refractivity contribution in [2.75, 3.05) is 0 Å². The molecule has 0 saturated carbocycles. The van der Waals surface area contributed by atoms with Gasteiger partial charge in [0.15, 0.2) is 0 Å². The van der Waals surface area contributed by atoms with Gasteiger partial charge in [0.2, 0.25) is 0 Å². The number of halogens is 1. The first-order valence-electron chi connectivity index (χ1n) is 4.24. The van der Waals surface area contributed by atoms with Crippen molar-refractivity contribution in [1.29, 1.82) is 0 Å². The Hall–Kier alpha value is -1.64. The van der Waals surface area contributed by atoms with Crippen LogP contribution < -0.4 is 0 Å². The van der Waals surface area contributed by atoms with Crippen molar-refractivity contribution >= 4 is 5.97 Å². The number of allylic oxidation sites excluding steroid dienone is 1. The summed E-state index contributed by atoms with van der Waals surface area (Å²) in [6.45, 7) is 1.81. The highest BCUT2D eigenvalue weighted by Crippen LogP contribution is 2.10. The van der Waals surface area contributed by atoms with Gasteiger partial charge >= 0.3 is 5.97 Å².